The Hall–Kier alpha value is 0.137. The fourth-order valence-electron chi connectivity index (χ4n) is 4.60. The molecule has 0 aromatic carbocycles. The van der Waals surface area contributed by atoms with Gasteiger partial charge in [-0.2, -0.15) is 0 Å². The van der Waals surface area contributed by atoms with Crippen molar-refractivity contribution < 1.29 is 8.85 Å². The summed E-state index contributed by atoms with van der Waals surface area (Å²) in [5.41, 5.74) is 0. The molecule has 0 atom stereocenters. The van der Waals surface area contributed by atoms with Gasteiger partial charge in [-0.3, -0.25) is 0 Å². The van der Waals surface area contributed by atoms with E-state index in [9.17, 15) is 0 Å². The van der Waals surface area contributed by atoms with E-state index in [0.29, 0.717) is 5.92 Å². The van der Waals surface area contributed by atoms with Gasteiger partial charge in [0, 0.05) is 19.3 Å². The van der Waals surface area contributed by atoms with Crippen molar-refractivity contribution in [2.24, 2.45) is 5.92 Å². The lowest BCUT2D eigenvalue weighted by atomic mass is 9.90. The molecule has 0 fully saturated rings. The molecule has 0 aromatic rings. The summed E-state index contributed by atoms with van der Waals surface area (Å²) in [4.78, 5) is 0. The van der Waals surface area contributed by atoms with Crippen molar-refractivity contribution >= 4 is 8.56 Å². The third-order valence-electron chi connectivity index (χ3n) is 6.51. The van der Waals surface area contributed by atoms with E-state index < -0.39 is 8.56 Å². The van der Waals surface area contributed by atoms with Gasteiger partial charge in [0.25, 0.3) is 0 Å². The third-order valence-corrected chi connectivity index (χ3v) is 11.2. The highest BCUT2D eigenvalue weighted by atomic mass is 28.4. The molecule has 0 radical (unpaired) electrons. The molecule has 0 aliphatic carbocycles. The van der Waals surface area contributed by atoms with E-state index in [2.05, 4.69) is 34.6 Å². The summed E-state index contributed by atoms with van der Waals surface area (Å²) < 4.78 is 12.3. The van der Waals surface area contributed by atoms with Gasteiger partial charge >= 0.3 is 8.56 Å². The molecule has 0 aliphatic rings. The Labute approximate surface area is 160 Å². The highest BCUT2D eigenvalue weighted by molar-refractivity contribution is 6.70. The molecule has 152 valence electrons. The monoisotopic (exact) mass is 372 g/mol. The first-order valence-electron chi connectivity index (χ1n) is 11.1. The van der Waals surface area contributed by atoms with Crippen LogP contribution in [0.1, 0.15) is 112 Å². The van der Waals surface area contributed by atoms with Crippen molar-refractivity contribution in [3.8, 4) is 0 Å². The van der Waals surface area contributed by atoms with E-state index in [0.717, 1.165) is 6.04 Å². The average Bonchev–Trinajstić information content (AvgIpc) is 2.61. The average molecular weight is 373 g/mol. The Morgan fingerprint density at radius 1 is 0.680 bits per heavy atom. The zero-order chi connectivity index (χ0) is 19.2. The van der Waals surface area contributed by atoms with Crippen LogP contribution in [-0.4, -0.2) is 22.8 Å². The summed E-state index contributed by atoms with van der Waals surface area (Å²) in [7, 11) is 1.60. The van der Waals surface area contributed by atoms with Crippen molar-refractivity contribution in [1.29, 1.82) is 0 Å². The van der Waals surface area contributed by atoms with Crippen LogP contribution >= 0.6 is 0 Å². The lowest BCUT2D eigenvalue weighted by Gasteiger charge is -2.46. The smallest absolute Gasteiger partial charge is 0.343 e. The molecule has 25 heavy (non-hydrogen) atoms. The van der Waals surface area contributed by atoms with Crippen molar-refractivity contribution in [2.45, 2.75) is 123 Å². The Bertz CT molecular complexity index is 296. The summed E-state index contributed by atoms with van der Waals surface area (Å²) in [5.74, 6) is 0.683. The largest absolute Gasteiger partial charge is 0.397 e. The van der Waals surface area contributed by atoms with Crippen molar-refractivity contribution in [3.05, 3.63) is 0 Å². The maximum absolute atomic E-state index is 6.14. The minimum Gasteiger partial charge on any atom is -0.397 e. The van der Waals surface area contributed by atoms with Crippen LogP contribution < -0.4 is 0 Å². The fraction of sp³-hybridized carbons (Fsp3) is 1.00. The van der Waals surface area contributed by atoms with Gasteiger partial charge in [-0.25, -0.2) is 0 Å². The Morgan fingerprint density at radius 3 is 1.44 bits per heavy atom. The van der Waals surface area contributed by atoms with E-state index in [1.165, 1.54) is 77.0 Å². The van der Waals surface area contributed by atoms with Gasteiger partial charge < -0.3 is 8.85 Å². The van der Waals surface area contributed by atoms with Crippen LogP contribution in [0.15, 0.2) is 0 Å². The van der Waals surface area contributed by atoms with Crippen LogP contribution in [0, 0.1) is 5.92 Å². The molecule has 3 heteroatoms. The molecule has 0 N–H and O–H groups in total. The van der Waals surface area contributed by atoms with Crippen LogP contribution in [0.5, 0.6) is 0 Å². The van der Waals surface area contributed by atoms with Crippen LogP contribution in [0.4, 0.5) is 0 Å². The Balaban J connectivity index is 4.23. The zero-order valence-corrected chi connectivity index (χ0v) is 19.6. The van der Waals surface area contributed by atoms with Crippen molar-refractivity contribution in [2.75, 3.05) is 14.2 Å². The quantitative estimate of drug-likeness (QED) is 0.191. The summed E-state index contributed by atoms with van der Waals surface area (Å²) in [6.45, 7) is 11.7. The predicted molar refractivity (Wildman–Crippen MR) is 115 cm³/mol. The van der Waals surface area contributed by atoms with E-state index >= 15 is 0 Å². The maximum Gasteiger partial charge on any atom is 0.343 e. The van der Waals surface area contributed by atoms with Crippen molar-refractivity contribution in [1.82, 2.24) is 0 Å². The van der Waals surface area contributed by atoms with E-state index in [4.69, 9.17) is 8.85 Å². The highest BCUT2D eigenvalue weighted by Crippen LogP contribution is 2.50. The molecule has 0 amide bonds. The second-order valence-corrected chi connectivity index (χ2v) is 12.4. The third kappa shape index (κ3) is 8.13. The molecule has 0 heterocycles. The zero-order valence-electron chi connectivity index (χ0n) is 18.6. The molecule has 0 rings (SSSR count). The van der Waals surface area contributed by atoms with E-state index in [-0.39, 0.29) is 5.04 Å². The van der Waals surface area contributed by atoms with Gasteiger partial charge in [0.05, 0.1) is 0 Å². The van der Waals surface area contributed by atoms with Gasteiger partial charge in [0.1, 0.15) is 0 Å². The molecule has 0 saturated carbocycles. The van der Waals surface area contributed by atoms with Crippen LogP contribution in [0.2, 0.25) is 11.1 Å². The fourth-order valence-corrected chi connectivity index (χ4v) is 8.62. The number of hydrogen-bond acceptors (Lipinski definition) is 2. The molecular formula is C22H48O2Si. The van der Waals surface area contributed by atoms with Gasteiger partial charge in [-0.15, -0.1) is 0 Å². The first-order chi connectivity index (χ1) is 12.0. The molecule has 2 nitrogen and oxygen atoms in total. The minimum absolute atomic E-state index is 0.166. The summed E-state index contributed by atoms with van der Waals surface area (Å²) in [6.07, 6.45) is 16.2. The lowest BCUT2D eigenvalue weighted by Crippen LogP contribution is -2.52. The minimum atomic E-state index is -2.17. The molecular weight excluding hydrogens is 324 g/mol. The first kappa shape index (κ1) is 25.1. The summed E-state index contributed by atoms with van der Waals surface area (Å²) in [6, 6.07) is 1.14. The molecule has 0 bridgehead atoms. The van der Waals surface area contributed by atoms with Gasteiger partial charge in [-0.05, 0) is 12.0 Å². The maximum atomic E-state index is 6.14. The molecule has 0 spiro atoms. The van der Waals surface area contributed by atoms with Crippen molar-refractivity contribution in [3.63, 3.8) is 0 Å². The predicted octanol–water partition coefficient (Wildman–Crippen LogP) is 7.86. The number of unbranched alkanes of at least 4 members (excludes halogenated alkanes) is 9. The van der Waals surface area contributed by atoms with Gasteiger partial charge in [0.15, 0.2) is 0 Å². The van der Waals surface area contributed by atoms with Gasteiger partial charge in [0.2, 0.25) is 0 Å². The second-order valence-electron chi connectivity index (χ2n) is 8.33. The topological polar surface area (TPSA) is 18.5 Å². The summed E-state index contributed by atoms with van der Waals surface area (Å²) >= 11 is 0. The number of rotatable bonds is 17. The Morgan fingerprint density at radius 2 is 1.08 bits per heavy atom. The van der Waals surface area contributed by atoms with Crippen LogP contribution in [0.3, 0.4) is 0 Å². The van der Waals surface area contributed by atoms with E-state index in [1.807, 2.05) is 14.2 Å². The van der Waals surface area contributed by atoms with E-state index in [1.54, 1.807) is 0 Å². The molecule has 0 aliphatic heterocycles. The molecule has 0 unspecified atom stereocenters. The number of hydrogen-bond donors (Lipinski definition) is 0. The van der Waals surface area contributed by atoms with Gasteiger partial charge in [-0.1, -0.05) is 112 Å². The van der Waals surface area contributed by atoms with Crippen LogP contribution in [0.25, 0.3) is 0 Å². The lowest BCUT2D eigenvalue weighted by molar-refractivity contribution is 0.178. The first-order valence-corrected chi connectivity index (χ1v) is 13.1. The normalized spacial score (nSPS) is 13.0. The highest BCUT2D eigenvalue weighted by Gasteiger charge is 2.53. The second kappa shape index (κ2) is 14.2. The molecule has 0 aromatic heterocycles. The SMILES string of the molecule is CCCCCCCCCCCC[Si](OC)(OC)C(C)(C)C(CC)CC. The standard InChI is InChI=1S/C22H48O2Si/c1-8-11-12-13-14-15-16-17-18-19-20-25(23-6,24-7)22(4,5)21(9-2)10-3/h21H,8-20H2,1-7H3. The summed E-state index contributed by atoms with van der Waals surface area (Å²) in [5, 5.41) is 0.166. The Kier molecular flexibility index (Phi) is 14.3. The molecule has 0 saturated heterocycles. The van der Waals surface area contributed by atoms with Crippen LogP contribution in [-0.2, 0) is 8.85 Å².